The number of pyridine rings is 1. The van der Waals surface area contributed by atoms with Gasteiger partial charge >= 0.3 is 0 Å². The van der Waals surface area contributed by atoms with Crippen LogP contribution in [0.15, 0.2) is 18.3 Å². The Kier molecular flexibility index (Phi) is 5.02. The Morgan fingerprint density at radius 3 is 2.46 bits per heavy atom. The van der Waals surface area contributed by atoms with Gasteiger partial charge in [0.2, 0.25) is 17.7 Å². The second kappa shape index (κ2) is 7.20. The first kappa shape index (κ1) is 16.7. The molecule has 0 aliphatic carbocycles. The summed E-state index contributed by atoms with van der Waals surface area (Å²) in [6, 6.07) is 3.85. The van der Waals surface area contributed by atoms with Gasteiger partial charge in [-0.2, -0.15) is 0 Å². The molecule has 0 aromatic carbocycles. The van der Waals surface area contributed by atoms with E-state index in [1.165, 1.54) is 0 Å². The minimum absolute atomic E-state index is 0.0152. The molecule has 0 saturated carbocycles. The van der Waals surface area contributed by atoms with Crippen molar-refractivity contribution in [3.05, 3.63) is 23.9 Å². The molecule has 1 atom stereocenters. The molecule has 6 nitrogen and oxygen atoms in total. The molecule has 24 heavy (non-hydrogen) atoms. The van der Waals surface area contributed by atoms with Gasteiger partial charge in [-0.05, 0) is 25.3 Å². The van der Waals surface area contributed by atoms with Gasteiger partial charge in [-0.15, -0.1) is 0 Å². The van der Waals surface area contributed by atoms with Crippen molar-refractivity contribution in [2.75, 3.05) is 26.2 Å². The van der Waals surface area contributed by atoms with E-state index >= 15 is 0 Å². The second-order valence-electron chi connectivity index (χ2n) is 6.77. The van der Waals surface area contributed by atoms with Crippen molar-refractivity contribution in [3.8, 4) is 5.88 Å². The normalized spacial score (nSPS) is 21.8. The zero-order chi connectivity index (χ0) is 17.1. The number of nitrogens with zero attached hydrogens (tertiary/aromatic N) is 3. The predicted octanol–water partition coefficient (Wildman–Crippen LogP) is 1.63. The van der Waals surface area contributed by atoms with Gasteiger partial charge in [0, 0.05) is 51.2 Å². The number of amides is 2. The molecule has 2 aliphatic rings. The Balaban J connectivity index is 1.49. The first-order valence-electron chi connectivity index (χ1n) is 8.66. The van der Waals surface area contributed by atoms with E-state index in [0.29, 0.717) is 25.5 Å². The third-order valence-corrected chi connectivity index (χ3v) is 4.92. The highest BCUT2D eigenvalue weighted by Gasteiger charge is 2.34. The van der Waals surface area contributed by atoms with Gasteiger partial charge in [0.15, 0.2) is 0 Å². The summed E-state index contributed by atoms with van der Waals surface area (Å²) in [7, 11) is 0. The van der Waals surface area contributed by atoms with E-state index in [2.05, 4.69) is 4.98 Å². The van der Waals surface area contributed by atoms with Crippen molar-refractivity contribution >= 4 is 11.8 Å². The molecule has 0 spiro atoms. The number of aromatic nitrogens is 1. The van der Waals surface area contributed by atoms with Crippen LogP contribution in [0.1, 0.15) is 31.7 Å². The summed E-state index contributed by atoms with van der Waals surface area (Å²) in [6.45, 7) is 6.32. The van der Waals surface area contributed by atoms with Crippen LogP contribution >= 0.6 is 0 Å². The molecular weight excluding hydrogens is 306 g/mol. The van der Waals surface area contributed by atoms with Crippen LogP contribution in [0.25, 0.3) is 0 Å². The Bertz CT molecular complexity index is 594. The number of ether oxygens (including phenoxy) is 1. The van der Waals surface area contributed by atoms with E-state index in [9.17, 15) is 9.59 Å². The quantitative estimate of drug-likeness (QED) is 0.844. The van der Waals surface area contributed by atoms with Crippen molar-refractivity contribution in [1.82, 2.24) is 14.8 Å². The standard InChI is InChI=1S/C18H25N3O3/c1-13-3-4-17(19-11-13)24-16-7-10-21(12-16)18(23)15-5-8-20(9-6-15)14(2)22/h3-4,11,15-16H,5-10,12H2,1-2H3. The summed E-state index contributed by atoms with van der Waals surface area (Å²) in [5, 5.41) is 0. The molecule has 1 aromatic heterocycles. The molecule has 2 saturated heterocycles. The molecule has 1 unspecified atom stereocenters. The molecule has 130 valence electrons. The number of carbonyl (C=O) groups is 2. The monoisotopic (exact) mass is 331 g/mol. The van der Waals surface area contributed by atoms with E-state index < -0.39 is 0 Å². The Morgan fingerprint density at radius 1 is 1.12 bits per heavy atom. The average molecular weight is 331 g/mol. The Labute approximate surface area is 142 Å². The largest absolute Gasteiger partial charge is 0.472 e. The molecule has 2 fully saturated rings. The zero-order valence-electron chi connectivity index (χ0n) is 14.4. The number of likely N-dealkylation sites (tertiary alicyclic amines) is 2. The van der Waals surface area contributed by atoms with Crippen LogP contribution in [0, 0.1) is 12.8 Å². The maximum Gasteiger partial charge on any atom is 0.225 e. The third kappa shape index (κ3) is 3.86. The number of carbonyl (C=O) groups excluding carboxylic acids is 2. The fourth-order valence-electron chi connectivity index (χ4n) is 3.42. The lowest BCUT2D eigenvalue weighted by Crippen LogP contribution is -2.43. The number of rotatable bonds is 3. The Hall–Kier alpha value is -2.11. The summed E-state index contributed by atoms with van der Waals surface area (Å²) in [4.78, 5) is 32.0. The summed E-state index contributed by atoms with van der Waals surface area (Å²) in [5.74, 6) is 0.966. The molecule has 1 aromatic rings. The summed E-state index contributed by atoms with van der Waals surface area (Å²) >= 11 is 0. The van der Waals surface area contributed by atoms with Crippen molar-refractivity contribution in [2.24, 2.45) is 5.92 Å². The van der Waals surface area contributed by atoms with E-state index in [4.69, 9.17) is 4.74 Å². The average Bonchev–Trinajstić information content (AvgIpc) is 3.05. The van der Waals surface area contributed by atoms with Gasteiger partial charge in [0.1, 0.15) is 6.10 Å². The van der Waals surface area contributed by atoms with Crippen LogP contribution in [0.4, 0.5) is 0 Å². The highest BCUT2D eigenvalue weighted by atomic mass is 16.5. The highest BCUT2D eigenvalue weighted by molar-refractivity contribution is 5.80. The van der Waals surface area contributed by atoms with Crippen LogP contribution in [0.5, 0.6) is 5.88 Å². The number of aryl methyl sites for hydroxylation is 1. The Morgan fingerprint density at radius 2 is 1.83 bits per heavy atom. The lowest BCUT2D eigenvalue weighted by molar-refractivity contribution is -0.139. The summed E-state index contributed by atoms with van der Waals surface area (Å²) in [6.07, 6.45) is 4.17. The molecule has 0 N–H and O–H groups in total. The third-order valence-electron chi connectivity index (χ3n) is 4.92. The second-order valence-corrected chi connectivity index (χ2v) is 6.77. The summed E-state index contributed by atoms with van der Waals surface area (Å²) < 4.78 is 5.89. The smallest absolute Gasteiger partial charge is 0.225 e. The van der Waals surface area contributed by atoms with Crippen LogP contribution in [-0.4, -0.2) is 58.9 Å². The van der Waals surface area contributed by atoms with Crippen LogP contribution in [0.3, 0.4) is 0 Å². The van der Waals surface area contributed by atoms with Gasteiger partial charge in [0.25, 0.3) is 0 Å². The van der Waals surface area contributed by atoms with E-state index in [1.54, 1.807) is 13.1 Å². The molecule has 3 heterocycles. The number of hydrogen-bond acceptors (Lipinski definition) is 4. The first-order valence-corrected chi connectivity index (χ1v) is 8.66. The van der Waals surface area contributed by atoms with Crippen molar-refractivity contribution in [1.29, 1.82) is 0 Å². The van der Waals surface area contributed by atoms with Gasteiger partial charge < -0.3 is 14.5 Å². The van der Waals surface area contributed by atoms with E-state index in [-0.39, 0.29) is 23.8 Å². The number of hydrogen-bond donors (Lipinski definition) is 0. The number of piperidine rings is 1. The van der Waals surface area contributed by atoms with Crippen LogP contribution < -0.4 is 4.74 Å². The zero-order valence-corrected chi connectivity index (χ0v) is 14.4. The topological polar surface area (TPSA) is 62.7 Å². The predicted molar refractivity (Wildman–Crippen MR) is 89.6 cm³/mol. The van der Waals surface area contributed by atoms with Gasteiger partial charge in [-0.3, -0.25) is 9.59 Å². The molecule has 2 aliphatic heterocycles. The molecule has 6 heteroatoms. The lowest BCUT2D eigenvalue weighted by atomic mass is 9.95. The van der Waals surface area contributed by atoms with Crippen molar-refractivity contribution in [2.45, 2.75) is 39.2 Å². The molecule has 0 radical (unpaired) electrons. The minimum atomic E-state index is 0.0152. The van der Waals surface area contributed by atoms with Crippen molar-refractivity contribution < 1.29 is 14.3 Å². The first-order chi connectivity index (χ1) is 11.5. The maximum atomic E-state index is 12.7. The van der Waals surface area contributed by atoms with Crippen molar-refractivity contribution in [3.63, 3.8) is 0 Å². The van der Waals surface area contributed by atoms with Gasteiger partial charge in [0.05, 0.1) is 6.54 Å². The lowest BCUT2D eigenvalue weighted by Gasteiger charge is -2.32. The molecule has 0 bridgehead atoms. The molecular formula is C18H25N3O3. The molecule has 2 amide bonds. The van der Waals surface area contributed by atoms with Crippen LogP contribution in [0.2, 0.25) is 0 Å². The van der Waals surface area contributed by atoms with Crippen LogP contribution in [-0.2, 0) is 9.59 Å². The van der Waals surface area contributed by atoms with E-state index in [1.807, 2.05) is 28.9 Å². The highest BCUT2D eigenvalue weighted by Crippen LogP contribution is 2.23. The van der Waals surface area contributed by atoms with Gasteiger partial charge in [-0.1, -0.05) is 6.07 Å². The SMILES string of the molecule is CC(=O)N1CCC(C(=O)N2CCC(Oc3ccc(C)cn3)C2)CC1. The molecule has 3 rings (SSSR count). The minimum Gasteiger partial charge on any atom is -0.472 e. The maximum absolute atomic E-state index is 12.7. The van der Waals surface area contributed by atoms with E-state index in [0.717, 1.165) is 31.4 Å². The summed E-state index contributed by atoms with van der Waals surface area (Å²) in [5.41, 5.74) is 1.10. The van der Waals surface area contributed by atoms with Gasteiger partial charge in [-0.25, -0.2) is 4.98 Å². The fourth-order valence-corrected chi connectivity index (χ4v) is 3.42. The fraction of sp³-hybridized carbons (Fsp3) is 0.611.